The predicted molar refractivity (Wildman–Crippen MR) is 99.2 cm³/mol. The fourth-order valence-electron chi connectivity index (χ4n) is 3.35. The molecule has 1 N–H and O–H groups in total. The van der Waals surface area contributed by atoms with Gasteiger partial charge in [0.2, 0.25) is 12.1 Å². The van der Waals surface area contributed by atoms with Crippen LogP contribution in [0.1, 0.15) is 45.1 Å². The molecule has 2 aromatic heterocycles. The second-order valence-electron chi connectivity index (χ2n) is 6.26. The summed E-state index contributed by atoms with van der Waals surface area (Å²) in [7, 11) is 1.33. The van der Waals surface area contributed by atoms with Crippen molar-refractivity contribution in [3.63, 3.8) is 0 Å². The fourth-order valence-corrected chi connectivity index (χ4v) is 3.35. The molecule has 0 fully saturated rings. The number of hydrogen-bond donors (Lipinski definition) is 1. The standard InChI is InChI=1S/C20H21N3O3/c1-6-22-11-23(16-10-8-7-9-15(16)22)14(4)19(24)18-12(2)17(13(3)21-18)20(25)26-5/h6-11,14H,1H2,2-5H3/p+1/t14-/m0/s1. The number of aryl methyl sites for hydroxylation is 1. The predicted octanol–water partition coefficient (Wildman–Crippen LogP) is 3.20. The lowest BCUT2D eigenvalue weighted by molar-refractivity contribution is -0.679. The first-order valence-electron chi connectivity index (χ1n) is 8.35. The number of H-pyrrole nitrogens is 1. The van der Waals surface area contributed by atoms with Crippen LogP contribution in [0, 0.1) is 13.8 Å². The summed E-state index contributed by atoms with van der Waals surface area (Å²) in [5.41, 5.74) is 3.99. The molecular formula is C20H22N3O3+. The SMILES string of the molecule is C=Cn1c[n+]([C@@H](C)C(=O)c2[nH]c(C)c(C(=O)OC)c2C)c2ccccc21. The number of esters is 1. The van der Waals surface area contributed by atoms with Crippen molar-refractivity contribution in [2.24, 2.45) is 0 Å². The number of carbonyl (C=O) groups excluding carboxylic acids is 2. The van der Waals surface area contributed by atoms with Crippen LogP contribution in [0.25, 0.3) is 17.2 Å². The molecule has 2 heterocycles. The second kappa shape index (κ2) is 6.63. The monoisotopic (exact) mass is 352 g/mol. The van der Waals surface area contributed by atoms with Gasteiger partial charge in [0, 0.05) is 5.69 Å². The molecule has 0 unspecified atom stereocenters. The average Bonchev–Trinajstić information content (AvgIpc) is 3.17. The van der Waals surface area contributed by atoms with Crippen LogP contribution in [0.15, 0.2) is 37.2 Å². The lowest BCUT2D eigenvalue weighted by Crippen LogP contribution is -2.41. The van der Waals surface area contributed by atoms with Gasteiger partial charge in [-0.3, -0.25) is 4.79 Å². The Bertz CT molecular complexity index is 1030. The molecule has 1 atom stereocenters. The van der Waals surface area contributed by atoms with Crippen molar-refractivity contribution in [1.29, 1.82) is 0 Å². The second-order valence-corrected chi connectivity index (χ2v) is 6.26. The van der Waals surface area contributed by atoms with E-state index in [0.717, 1.165) is 11.0 Å². The largest absolute Gasteiger partial charge is 0.465 e. The topological polar surface area (TPSA) is 68.0 Å². The number of fused-ring (bicyclic) bond motifs is 1. The van der Waals surface area contributed by atoms with E-state index in [2.05, 4.69) is 11.6 Å². The number of aromatic nitrogens is 3. The maximum Gasteiger partial charge on any atom is 0.339 e. The summed E-state index contributed by atoms with van der Waals surface area (Å²) in [5, 5.41) is 0. The highest BCUT2D eigenvalue weighted by Crippen LogP contribution is 2.22. The molecule has 0 saturated carbocycles. The van der Waals surface area contributed by atoms with Gasteiger partial charge in [0.15, 0.2) is 17.1 Å². The van der Waals surface area contributed by atoms with E-state index in [-0.39, 0.29) is 5.78 Å². The number of Topliss-reactive ketones (excluding diaryl/α,β-unsaturated/α-hetero) is 1. The van der Waals surface area contributed by atoms with Gasteiger partial charge in [0.25, 0.3) is 0 Å². The number of rotatable bonds is 5. The summed E-state index contributed by atoms with van der Waals surface area (Å²) in [6, 6.07) is 7.36. The number of nitrogens with one attached hydrogen (secondary N) is 1. The Labute approximate surface area is 151 Å². The molecular weight excluding hydrogens is 330 g/mol. The molecule has 0 aliphatic heterocycles. The van der Waals surface area contributed by atoms with Gasteiger partial charge in [-0.25, -0.2) is 13.9 Å². The molecule has 26 heavy (non-hydrogen) atoms. The van der Waals surface area contributed by atoms with Crippen LogP contribution in [0.2, 0.25) is 0 Å². The highest BCUT2D eigenvalue weighted by molar-refractivity contribution is 6.02. The molecule has 0 aliphatic carbocycles. The first kappa shape index (κ1) is 17.7. The van der Waals surface area contributed by atoms with Crippen LogP contribution in [0.4, 0.5) is 0 Å². The maximum atomic E-state index is 13.1. The van der Waals surface area contributed by atoms with Crippen LogP contribution >= 0.6 is 0 Å². The summed E-state index contributed by atoms with van der Waals surface area (Å²) in [4.78, 5) is 28.2. The normalized spacial score (nSPS) is 12.2. The number of hydrogen-bond acceptors (Lipinski definition) is 3. The molecule has 134 valence electrons. The van der Waals surface area contributed by atoms with Crippen LogP contribution in [0.5, 0.6) is 0 Å². The van der Waals surface area contributed by atoms with E-state index in [1.807, 2.05) is 46.7 Å². The van der Waals surface area contributed by atoms with Crippen molar-refractivity contribution in [2.75, 3.05) is 7.11 Å². The van der Waals surface area contributed by atoms with Gasteiger partial charge < -0.3 is 9.72 Å². The Kier molecular flexibility index (Phi) is 4.50. The minimum atomic E-state index is -0.455. The summed E-state index contributed by atoms with van der Waals surface area (Å²) in [6.45, 7) is 9.18. The van der Waals surface area contributed by atoms with Crippen LogP contribution < -0.4 is 4.57 Å². The Morgan fingerprint density at radius 1 is 1.31 bits per heavy atom. The van der Waals surface area contributed by atoms with Gasteiger partial charge in [0.1, 0.15) is 0 Å². The van der Waals surface area contributed by atoms with Crippen molar-refractivity contribution >= 4 is 29.0 Å². The van der Waals surface area contributed by atoms with Gasteiger partial charge in [-0.2, -0.15) is 0 Å². The molecule has 1 aromatic carbocycles. The molecule has 0 saturated heterocycles. The molecule has 0 bridgehead atoms. The summed E-state index contributed by atoms with van der Waals surface area (Å²) >= 11 is 0. The summed E-state index contributed by atoms with van der Waals surface area (Å²) in [5.74, 6) is -0.545. The van der Waals surface area contributed by atoms with Crippen LogP contribution in [-0.4, -0.2) is 28.4 Å². The highest BCUT2D eigenvalue weighted by Gasteiger charge is 2.30. The quantitative estimate of drug-likeness (QED) is 0.435. The minimum Gasteiger partial charge on any atom is -0.465 e. The summed E-state index contributed by atoms with van der Waals surface area (Å²) < 4.78 is 8.61. The van der Waals surface area contributed by atoms with Crippen molar-refractivity contribution in [2.45, 2.75) is 26.8 Å². The van der Waals surface area contributed by atoms with E-state index >= 15 is 0 Å². The van der Waals surface area contributed by atoms with E-state index in [1.54, 1.807) is 20.0 Å². The first-order valence-corrected chi connectivity index (χ1v) is 8.35. The van der Waals surface area contributed by atoms with E-state index in [9.17, 15) is 9.59 Å². The fraction of sp³-hybridized carbons (Fsp3) is 0.250. The van der Waals surface area contributed by atoms with Gasteiger partial charge in [-0.15, -0.1) is 0 Å². The van der Waals surface area contributed by atoms with Crippen molar-refractivity contribution in [1.82, 2.24) is 9.55 Å². The lowest BCUT2D eigenvalue weighted by Gasteiger charge is -2.08. The molecule has 6 heteroatoms. The Balaban J connectivity index is 2.07. The zero-order valence-corrected chi connectivity index (χ0v) is 15.4. The molecule has 0 radical (unpaired) electrons. The lowest BCUT2D eigenvalue weighted by atomic mass is 10.0. The molecule has 0 spiro atoms. The number of ketones is 1. The van der Waals surface area contributed by atoms with E-state index in [1.165, 1.54) is 7.11 Å². The number of para-hydroxylation sites is 2. The Morgan fingerprint density at radius 2 is 2.00 bits per heavy atom. The number of aromatic amines is 1. The molecule has 6 nitrogen and oxygen atoms in total. The third-order valence-corrected chi connectivity index (χ3v) is 4.75. The van der Waals surface area contributed by atoms with Gasteiger partial charge in [-0.1, -0.05) is 18.7 Å². The third kappa shape index (κ3) is 2.63. The maximum absolute atomic E-state index is 13.1. The Hall–Kier alpha value is -3.15. The van der Waals surface area contributed by atoms with Gasteiger partial charge >= 0.3 is 5.97 Å². The van der Waals surface area contributed by atoms with Crippen LogP contribution in [0.3, 0.4) is 0 Å². The average molecular weight is 352 g/mol. The van der Waals surface area contributed by atoms with E-state index in [4.69, 9.17) is 4.74 Å². The van der Waals surface area contributed by atoms with E-state index in [0.29, 0.717) is 22.5 Å². The number of imidazole rings is 1. The molecule has 0 amide bonds. The van der Waals surface area contributed by atoms with Crippen molar-refractivity contribution in [3.05, 3.63) is 59.7 Å². The van der Waals surface area contributed by atoms with Gasteiger partial charge in [-0.05, 0) is 38.5 Å². The first-order chi connectivity index (χ1) is 12.4. The number of ether oxygens (including phenoxy) is 1. The zero-order valence-electron chi connectivity index (χ0n) is 15.4. The highest BCUT2D eigenvalue weighted by atomic mass is 16.5. The summed E-state index contributed by atoms with van der Waals surface area (Å²) in [6.07, 6.45) is 3.56. The molecule has 0 aliphatic rings. The number of benzene rings is 1. The number of nitrogens with zero attached hydrogens (tertiary/aromatic N) is 2. The third-order valence-electron chi connectivity index (χ3n) is 4.75. The van der Waals surface area contributed by atoms with Gasteiger partial charge in [0.05, 0.1) is 24.6 Å². The molecule has 3 rings (SSSR count). The molecule has 3 aromatic rings. The number of methoxy groups -OCH3 is 1. The van der Waals surface area contributed by atoms with Crippen molar-refractivity contribution in [3.8, 4) is 0 Å². The van der Waals surface area contributed by atoms with Crippen molar-refractivity contribution < 1.29 is 18.9 Å². The Morgan fingerprint density at radius 3 is 2.65 bits per heavy atom. The zero-order chi connectivity index (χ0) is 19.0. The van der Waals surface area contributed by atoms with E-state index < -0.39 is 12.0 Å². The minimum absolute atomic E-state index is 0.0993. The number of carbonyl (C=O) groups is 2. The smallest absolute Gasteiger partial charge is 0.339 e. The van der Waals surface area contributed by atoms with Crippen LogP contribution in [-0.2, 0) is 4.74 Å².